The third-order valence-electron chi connectivity index (χ3n) is 6.88. The topological polar surface area (TPSA) is 136 Å². The lowest BCUT2D eigenvalue weighted by Crippen LogP contribution is -2.46. The number of aromatic hydroxyl groups is 1. The number of carbonyl (C=O) groups excluding carboxylic acids is 1. The summed E-state index contributed by atoms with van der Waals surface area (Å²) in [5, 5.41) is 29.0. The summed E-state index contributed by atoms with van der Waals surface area (Å²) < 4.78 is 39.8. The van der Waals surface area contributed by atoms with Crippen molar-refractivity contribution in [2.45, 2.75) is 26.9 Å². The summed E-state index contributed by atoms with van der Waals surface area (Å²) in [7, 11) is 0. The van der Waals surface area contributed by atoms with Crippen molar-refractivity contribution in [3.8, 4) is 22.8 Å². The highest BCUT2D eigenvalue weighted by Gasteiger charge is 2.30. The van der Waals surface area contributed by atoms with Crippen molar-refractivity contribution >= 4 is 23.0 Å². The van der Waals surface area contributed by atoms with Gasteiger partial charge >= 0.3 is 6.18 Å². The Kier molecular flexibility index (Phi) is 8.33. The molecule has 1 aliphatic heterocycles. The number of carbonyl (C=O) groups is 1. The van der Waals surface area contributed by atoms with Crippen molar-refractivity contribution in [1.29, 1.82) is 5.41 Å². The summed E-state index contributed by atoms with van der Waals surface area (Å²) in [6.45, 7) is 8.77. The first-order valence-corrected chi connectivity index (χ1v) is 13.0. The fraction of sp³-hybridized carbons (Fsp3) is 0.407. The van der Waals surface area contributed by atoms with Crippen LogP contribution in [0.2, 0.25) is 0 Å². The quantitative estimate of drug-likeness (QED) is 0.245. The Morgan fingerprint density at radius 2 is 1.73 bits per heavy atom. The van der Waals surface area contributed by atoms with Crippen LogP contribution in [0.5, 0.6) is 5.75 Å². The molecule has 0 aliphatic carbocycles. The minimum Gasteiger partial charge on any atom is -0.507 e. The first-order chi connectivity index (χ1) is 18.9. The van der Waals surface area contributed by atoms with E-state index in [1.54, 1.807) is 12.1 Å². The number of hydrogen-bond donors (Lipinski definition) is 4. The van der Waals surface area contributed by atoms with Gasteiger partial charge in [-0.25, -0.2) is 0 Å². The van der Waals surface area contributed by atoms with Gasteiger partial charge < -0.3 is 31.4 Å². The lowest BCUT2D eigenvalue weighted by atomic mass is 9.96. The number of benzene rings is 2. The molecule has 2 aromatic carbocycles. The van der Waals surface area contributed by atoms with E-state index in [9.17, 15) is 23.1 Å². The van der Waals surface area contributed by atoms with Gasteiger partial charge in [-0.1, -0.05) is 20.8 Å². The van der Waals surface area contributed by atoms with Gasteiger partial charge in [0.1, 0.15) is 12.3 Å². The van der Waals surface area contributed by atoms with Gasteiger partial charge in [-0.15, -0.1) is 10.2 Å². The van der Waals surface area contributed by atoms with Crippen molar-refractivity contribution in [1.82, 2.24) is 25.0 Å². The summed E-state index contributed by atoms with van der Waals surface area (Å²) in [5.74, 6) is -1.91. The highest BCUT2D eigenvalue weighted by Crippen LogP contribution is 2.35. The molecule has 0 bridgehead atoms. The molecule has 0 saturated carbocycles. The van der Waals surface area contributed by atoms with Crippen LogP contribution in [0.15, 0.2) is 36.4 Å². The van der Waals surface area contributed by atoms with Crippen LogP contribution in [0.25, 0.3) is 17.1 Å². The fourth-order valence-electron chi connectivity index (χ4n) is 4.57. The number of nitrogen functional groups attached to an aromatic ring is 1. The predicted molar refractivity (Wildman–Crippen MR) is 147 cm³/mol. The molecule has 10 nitrogen and oxygen atoms in total. The molecular weight excluding hydrogens is 525 g/mol. The molecule has 0 atom stereocenters. The largest absolute Gasteiger partial charge is 0.507 e. The van der Waals surface area contributed by atoms with E-state index in [0.717, 1.165) is 38.4 Å². The van der Waals surface area contributed by atoms with Gasteiger partial charge in [0.2, 0.25) is 5.82 Å². The number of nitrogens with two attached hydrogens (primary N) is 1. The number of phenolic OH excluding ortho intramolecular Hbond substituents is 1. The Bertz CT molecular complexity index is 1380. The van der Waals surface area contributed by atoms with E-state index in [2.05, 4.69) is 26.9 Å². The lowest BCUT2D eigenvalue weighted by Gasteiger charge is -2.35. The Balaban J connectivity index is 1.78. The Labute approximate surface area is 230 Å². The second kappa shape index (κ2) is 11.5. The monoisotopic (exact) mass is 558 g/mol. The molecule has 0 spiro atoms. The Hall–Kier alpha value is -4.13. The summed E-state index contributed by atoms with van der Waals surface area (Å²) in [4.78, 5) is 17.4. The number of aromatic nitrogens is 3. The van der Waals surface area contributed by atoms with Gasteiger partial charge in [0.05, 0.1) is 5.56 Å². The highest BCUT2D eigenvalue weighted by atomic mass is 19.4. The highest BCUT2D eigenvalue weighted by molar-refractivity contribution is 6.05. The zero-order valence-electron chi connectivity index (χ0n) is 22.6. The molecule has 13 heteroatoms. The number of rotatable bonds is 8. The third-order valence-corrected chi connectivity index (χ3v) is 6.88. The summed E-state index contributed by atoms with van der Waals surface area (Å²) in [6, 6.07) is 9.93. The van der Waals surface area contributed by atoms with Crippen molar-refractivity contribution in [3.63, 3.8) is 0 Å². The third kappa shape index (κ3) is 6.19. The molecule has 0 unspecified atom stereocenters. The van der Waals surface area contributed by atoms with Crippen LogP contribution in [0.4, 0.5) is 24.5 Å². The maximum Gasteiger partial charge on any atom is 0.405 e. The van der Waals surface area contributed by atoms with Gasteiger partial charge in [-0.3, -0.25) is 9.36 Å². The smallest absolute Gasteiger partial charge is 0.405 e. The zero-order valence-corrected chi connectivity index (χ0v) is 22.6. The SMILES string of the molecule is CCN1CCN(c2ccc(-n3c(C(=O)NCC(F)(F)F)nnc3-c3cc(C(=N)C(C)C)c(N)cc3O)cc2)CC1. The van der Waals surface area contributed by atoms with Gasteiger partial charge in [0.25, 0.3) is 5.91 Å². The minimum absolute atomic E-state index is 0.0109. The first-order valence-electron chi connectivity index (χ1n) is 13.0. The van der Waals surface area contributed by atoms with Crippen molar-refractivity contribution < 1.29 is 23.1 Å². The molecule has 1 aliphatic rings. The van der Waals surface area contributed by atoms with Crippen LogP contribution in [-0.2, 0) is 0 Å². The van der Waals surface area contributed by atoms with Crippen LogP contribution in [0.3, 0.4) is 0 Å². The number of nitrogens with zero attached hydrogens (tertiary/aromatic N) is 5. The number of amides is 1. The number of likely N-dealkylation sites (N-methyl/N-ethyl adjacent to an activating group) is 1. The van der Waals surface area contributed by atoms with E-state index in [0.29, 0.717) is 11.3 Å². The number of anilines is 2. The number of hydrogen-bond acceptors (Lipinski definition) is 8. The predicted octanol–water partition coefficient (Wildman–Crippen LogP) is 3.68. The number of nitrogens with one attached hydrogen (secondary N) is 2. The van der Waals surface area contributed by atoms with Crippen LogP contribution in [0.1, 0.15) is 37.0 Å². The van der Waals surface area contributed by atoms with Crippen molar-refractivity contribution in [3.05, 3.63) is 47.8 Å². The van der Waals surface area contributed by atoms with Crippen molar-refractivity contribution in [2.24, 2.45) is 5.92 Å². The normalized spacial score (nSPS) is 14.5. The van der Waals surface area contributed by atoms with Gasteiger partial charge in [0.15, 0.2) is 5.82 Å². The lowest BCUT2D eigenvalue weighted by molar-refractivity contribution is -0.123. The van der Waals surface area contributed by atoms with E-state index < -0.39 is 18.6 Å². The summed E-state index contributed by atoms with van der Waals surface area (Å²) >= 11 is 0. The first kappa shape index (κ1) is 28.9. The standard InChI is InChI=1S/C27H33F3N8O2/c1-4-36-9-11-37(12-10-36)17-5-7-18(8-6-17)38-24(34-35-25(38)26(40)33-15-27(28,29)30)20-13-19(23(32)16(2)3)21(31)14-22(20)39/h5-8,13-14,16,32,39H,4,9-12,15,31H2,1-3H3,(H,33,40). The minimum atomic E-state index is -4.62. The Morgan fingerprint density at radius 3 is 2.30 bits per heavy atom. The average Bonchev–Trinajstić information content (AvgIpc) is 3.36. The molecule has 2 heterocycles. The fourth-order valence-corrected chi connectivity index (χ4v) is 4.57. The zero-order chi connectivity index (χ0) is 29.2. The molecule has 1 aromatic heterocycles. The van der Waals surface area contributed by atoms with Crippen molar-refractivity contribution in [2.75, 3.05) is 49.9 Å². The van der Waals surface area contributed by atoms with Gasteiger partial charge in [-0.05, 0) is 42.8 Å². The van der Waals surface area contributed by atoms with E-state index in [1.165, 1.54) is 16.7 Å². The molecule has 1 fully saturated rings. The van der Waals surface area contributed by atoms with Crippen LogP contribution in [-0.4, -0.2) is 81.8 Å². The number of piperazine rings is 1. The second-order valence-corrected chi connectivity index (χ2v) is 9.94. The molecule has 0 radical (unpaired) electrons. The molecule has 40 heavy (non-hydrogen) atoms. The van der Waals surface area contributed by atoms with Crippen LogP contribution < -0.4 is 16.0 Å². The molecule has 1 saturated heterocycles. The maximum absolute atomic E-state index is 12.8. The maximum atomic E-state index is 12.8. The Morgan fingerprint density at radius 1 is 1.10 bits per heavy atom. The van der Waals surface area contributed by atoms with E-state index in [1.807, 2.05) is 31.3 Å². The molecular formula is C27H33F3N8O2. The van der Waals surface area contributed by atoms with Crippen LogP contribution >= 0.6 is 0 Å². The van der Waals surface area contributed by atoms with E-state index >= 15 is 0 Å². The average molecular weight is 559 g/mol. The molecule has 4 rings (SSSR count). The molecule has 214 valence electrons. The van der Waals surface area contributed by atoms with Gasteiger partial charge in [0, 0.05) is 60.6 Å². The van der Waals surface area contributed by atoms with E-state index in [4.69, 9.17) is 11.1 Å². The second-order valence-electron chi connectivity index (χ2n) is 9.94. The number of halogens is 3. The van der Waals surface area contributed by atoms with Gasteiger partial charge in [-0.2, -0.15) is 13.2 Å². The van der Waals surface area contributed by atoms with E-state index in [-0.39, 0.29) is 40.3 Å². The molecule has 3 aromatic rings. The van der Waals surface area contributed by atoms with Crippen LogP contribution in [0, 0.1) is 11.3 Å². The number of alkyl halides is 3. The molecule has 1 amide bonds. The summed E-state index contributed by atoms with van der Waals surface area (Å²) in [5.41, 5.74) is 8.33. The summed E-state index contributed by atoms with van der Waals surface area (Å²) in [6.07, 6.45) is -4.62. The molecule has 5 N–H and O–H groups in total. The number of phenols is 1.